The predicted molar refractivity (Wildman–Crippen MR) is 82.5 cm³/mol. The molecule has 2 heterocycles. The summed E-state index contributed by atoms with van der Waals surface area (Å²) in [5.41, 5.74) is 0. The Morgan fingerprint density at radius 3 is 2.63 bits per heavy atom. The Balaban J connectivity index is 1.93. The van der Waals surface area contributed by atoms with Crippen LogP contribution in [0, 0.1) is 5.92 Å². The van der Waals surface area contributed by atoms with Crippen LogP contribution in [-0.2, 0) is 0 Å². The highest BCUT2D eigenvalue weighted by Gasteiger charge is 2.29. The van der Waals surface area contributed by atoms with E-state index >= 15 is 0 Å². The van der Waals surface area contributed by atoms with E-state index in [1.54, 1.807) is 0 Å². The predicted octanol–water partition coefficient (Wildman–Crippen LogP) is 2.18. The summed E-state index contributed by atoms with van der Waals surface area (Å²) in [5.74, 6) is 0.782. The molecule has 3 heteroatoms. The Kier molecular flexibility index (Phi) is 5.67. The fourth-order valence-electron chi connectivity index (χ4n) is 3.62. The van der Waals surface area contributed by atoms with Crippen LogP contribution in [0.4, 0.5) is 0 Å². The van der Waals surface area contributed by atoms with Gasteiger partial charge in [0, 0.05) is 24.7 Å². The molecule has 0 aromatic heterocycles. The molecule has 4 unspecified atom stereocenters. The Hall–Kier alpha value is -0.120. The molecule has 0 aromatic carbocycles. The molecule has 0 bridgehead atoms. The van der Waals surface area contributed by atoms with Crippen LogP contribution in [0.15, 0.2) is 0 Å². The van der Waals surface area contributed by atoms with Gasteiger partial charge in [0.25, 0.3) is 0 Å². The van der Waals surface area contributed by atoms with Crippen molar-refractivity contribution in [1.82, 2.24) is 15.1 Å². The molecule has 1 N–H and O–H groups in total. The second kappa shape index (κ2) is 7.05. The maximum absolute atomic E-state index is 3.73. The van der Waals surface area contributed by atoms with Gasteiger partial charge < -0.3 is 10.2 Å². The number of hydrogen-bond donors (Lipinski definition) is 1. The van der Waals surface area contributed by atoms with Crippen LogP contribution in [0.1, 0.15) is 46.5 Å². The van der Waals surface area contributed by atoms with Crippen LogP contribution in [0.2, 0.25) is 0 Å². The van der Waals surface area contributed by atoms with Crippen molar-refractivity contribution >= 4 is 0 Å². The average molecular weight is 267 g/mol. The SMILES string of the molecule is CCC1CCN(C2CCN(C)C(C)C2)CC(C)CN1. The average Bonchev–Trinajstić information content (AvgIpc) is 2.38. The van der Waals surface area contributed by atoms with Crippen molar-refractivity contribution < 1.29 is 0 Å². The van der Waals surface area contributed by atoms with E-state index in [1.807, 2.05) is 0 Å². The molecular weight excluding hydrogens is 234 g/mol. The van der Waals surface area contributed by atoms with Crippen LogP contribution in [-0.4, -0.2) is 61.2 Å². The highest BCUT2D eigenvalue weighted by atomic mass is 15.2. The number of nitrogens with one attached hydrogen (secondary N) is 1. The van der Waals surface area contributed by atoms with Crippen molar-refractivity contribution in [2.75, 3.05) is 33.2 Å². The van der Waals surface area contributed by atoms with Gasteiger partial charge in [-0.1, -0.05) is 13.8 Å². The van der Waals surface area contributed by atoms with Crippen LogP contribution in [0.25, 0.3) is 0 Å². The van der Waals surface area contributed by atoms with Crippen molar-refractivity contribution in [1.29, 1.82) is 0 Å². The van der Waals surface area contributed by atoms with E-state index < -0.39 is 0 Å². The van der Waals surface area contributed by atoms with Crippen LogP contribution >= 0.6 is 0 Å². The topological polar surface area (TPSA) is 18.5 Å². The highest BCUT2D eigenvalue weighted by molar-refractivity contribution is 4.86. The second-order valence-corrected chi connectivity index (χ2v) is 6.91. The number of rotatable bonds is 2. The maximum Gasteiger partial charge on any atom is 0.0122 e. The first kappa shape index (κ1) is 15.3. The van der Waals surface area contributed by atoms with Gasteiger partial charge in [0.05, 0.1) is 0 Å². The van der Waals surface area contributed by atoms with E-state index in [-0.39, 0.29) is 0 Å². The Morgan fingerprint density at radius 2 is 1.95 bits per heavy atom. The van der Waals surface area contributed by atoms with Gasteiger partial charge in [-0.15, -0.1) is 0 Å². The molecule has 2 aliphatic rings. The molecule has 0 saturated carbocycles. The van der Waals surface area contributed by atoms with Crippen molar-refractivity contribution in [3.05, 3.63) is 0 Å². The minimum atomic E-state index is 0.730. The molecule has 0 radical (unpaired) electrons. The lowest BCUT2D eigenvalue weighted by Gasteiger charge is -2.43. The molecule has 2 rings (SSSR count). The van der Waals surface area contributed by atoms with Gasteiger partial charge in [0.2, 0.25) is 0 Å². The molecule has 0 aliphatic carbocycles. The van der Waals surface area contributed by atoms with E-state index in [0.717, 1.165) is 24.0 Å². The third-order valence-electron chi connectivity index (χ3n) is 5.26. The van der Waals surface area contributed by atoms with E-state index in [1.165, 1.54) is 51.9 Å². The van der Waals surface area contributed by atoms with Crippen LogP contribution in [0.3, 0.4) is 0 Å². The largest absolute Gasteiger partial charge is 0.314 e. The molecule has 2 saturated heterocycles. The van der Waals surface area contributed by atoms with Gasteiger partial charge in [0.1, 0.15) is 0 Å². The molecule has 4 atom stereocenters. The van der Waals surface area contributed by atoms with Gasteiger partial charge in [-0.25, -0.2) is 0 Å². The molecule has 19 heavy (non-hydrogen) atoms. The first-order valence-electron chi connectivity index (χ1n) is 8.27. The fourth-order valence-corrected chi connectivity index (χ4v) is 3.62. The first-order valence-corrected chi connectivity index (χ1v) is 8.27. The summed E-state index contributed by atoms with van der Waals surface area (Å²) in [5, 5.41) is 3.73. The van der Waals surface area contributed by atoms with Crippen molar-refractivity contribution in [3.8, 4) is 0 Å². The number of piperidine rings is 1. The quantitative estimate of drug-likeness (QED) is 0.827. The van der Waals surface area contributed by atoms with E-state index in [4.69, 9.17) is 0 Å². The molecule has 2 aliphatic heterocycles. The minimum Gasteiger partial charge on any atom is -0.314 e. The zero-order chi connectivity index (χ0) is 13.8. The van der Waals surface area contributed by atoms with Gasteiger partial charge in [-0.05, 0) is 65.2 Å². The minimum absolute atomic E-state index is 0.730. The zero-order valence-corrected chi connectivity index (χ0v) is 13.4. The summed E-state index contributed by atoms with van der Waals surface area (Å²) in [6.07, 6.45) is 5.31. The smallest absolute Gasteiger partial charge is 0.0122 e. The zero-order valence-electron chi connectivity index (χ0n) is 13.4. The molecule has 3 nitrogen and oxygen atoms in total. The van der Waals surface area contributed by atoms with E-state index in [2.05, 4.69) is 42.9 Å². The third-order valence-corrected chi connectivity index (χ3v) is 5.26. The normalized spacial score (nSPS) is 39.8. The van der Waals surface area contributed by atoms with Crippen molar-refractivity contribution in [2.24, 2.45) is 5.92 Å². The Bertz CT molecular complexity index is 269. The van der Waals surface area contributed by atoms with Crippen LogP contribution < -0.4 is 5.32 Å². The monoisotopic (exact) mass is 267 g/mol. The van der Waals surface area contributed by atoms with Gasteiger partial charge in [0.15, 0.2) is 0 Å². The summed E-state index contributed by atoms with van der Waals surface area (Å²) >= 11 is 0. The summed E-state index contributed by atoms with van der Waals surface area (Å²) in [6.45, 7) is 12.1. The van der Waals surface area contributed by atoms with Crippen molar-refractivity contribution in [2.45, 2.75) is 64.6 Å². The molecule has 2 fully saturated rings. The Labute approximate surface area is 119 Å². The summed E-state index contributed by atoms with van der Waals surface area (Å²) in [6, 6.07) is 2.30. The van der Waals surface area contributed by atoms with E-state index in [9.17, 15) is 0 Å². The molecule has 0 aromatic rings. The lowest BCUT2D eigenvalue weighted by Crippen LogP contribution is -2.51. The van der Waals surface area contributed by atoms with E-state index in [0.29, 0.717) is 0 Å². The maximum atomic E-state index is 3.73. The number of nitrogens with zero attached hydrogens (tertiary/aromatic N) is 2. The molecule has 112 valence electrons. The highest BCUT2D eigenvalue weighted by Crippen LogP contribution is 2.23. The molecule has 0 spiro atoms. The summed E-state index contributed by atoms with van der Waals surface area (Å²) in [4.78, 5) is 5.32. The number of likely N-dealkylation sites (tertiary alicyclic amines) is 1. The van der Waals surface area contributed by atoms with Gasteiger partial charge in [-0.3, -0.25) is 4.90 Å². The lowest BCUT2D eigenvalue weighted by atomic mass is 9.95. The fraction of sp³-hybridized carbons (Fsp3) is 1.00. The second-order valence-electron chi connectivity index (χ2n) is 6.91. The Morgan fingerprint density at radius 1 is 1.16 bits per heavy atom. The molecular formula is C16H33N3. The lowest BCUT2D eigenvalue weighted by molar-refractivity contribution is 0.0689. The standard InChI is InChI=1S/C16H33N3/c1-5-15-6-9-19(12-13(2)11-17-15)16-7-8-18(4)14(3)10-16/h13-17H,5-12H2,1-4H3. The third kappa shape index (κ3) is 4.17. The van der Waals surface area contributed by atoms with Gasteiger partial charge in [-0.2, -0.15) is 0 Å². The summed E-state index contributed by atoms with van der Waals surface area (Å²) < 4.78 is 0. The van der Waals surface area contributed by atoms with Crippen LogP contribution in [0.5, 0.6) is 0 Å². The summed E-state index contributed by atoms with van der Waals surface area (Å²) in [7, 11) is 2.27. The van der Waals surface area contributed by atoms with Crippen molar-refractivity contribution in [3.63, 3.8) is 0 Å². The first-order chi connectivity index (χ1) is 9.10. The molecule has 0 amide bonds. The van der Waals surface area contributed by atoms with Gasteiger partial charge >= 0.3 is 0 Å². The number of hydrogen-bond acceptors (Lipinski definition) is 3.